The summed E-state index contributed by atoms with van der Waals surface area (Å²) in [6.45, 7) is 0. The first-order chi connectivity index (χ1) is 12.9. The predicted molar refractivity (Wildman–Crippen MR) is 110 cm³/mol. The predicted octanol–water partition coefficient (Wildman–Crippen LogP) is 5.64. The molecule has 146 valence electrons. The number of nitrogens with zero attached hydrogens (tertiary/aromatic N) is 1. The van der Waals surface area contributed by atoms with Crippen LogP contribution >= 0.6 is 11.6 Å². The van der Waals surface area contributed by atoms with Crippen LogP contribution in [0.3, 0.4) is 0 Å². The van der Waals surface area contributed by atoms with Crippen molar-refractivity contribution in [1.82, 2.24) is 4.90 Å². The summed E-state index contributed by atoms with van der Waals surface area (Å²) in [6.07, 6.45) is 4.91. The van der Waals surface area contributed by atoms with Crippen LogP contribution < -0.4 is 0 Å². The van der Waals surface area contributed by atoms with Crippen molar-refractivity contribution in [2.24, 2.45) is 5.92 Å². The summed E-state index contributed by atoms with van der Waals surface area (Å²) in [7, 11) is 4.08. The molecular weight excluding hydrogens is 361 g/mol. The number of halogens is 2. The van der Waals surface area contributed by atoms with Crippen molar-refractivity contribution in [3.05, 3.63) is 70.5 Å². The molecule has 0 bridgehead atoms. The highest BCUT2D eigenvalue weighted by atomic mass is 35.5. The van der Waals surface area contributed by atoms with Crippen molar-refractivity contribution in [3.63, 3.8) is 0 Å². The summed E-state index contributed by atoms with van der Waals surface area (Å²) in [5.41, 5.74) is 0.907. The Morgan fingerprint density at radius 1 is 1.15 bits per heavy atom. The minimum atomic E-state index is -0.825. The van der Waals surface area contributed by atoms with E-state index in [0.29, 0.717) is 18.4 Å². The number of rotatable bonds is 6. The van der Waals surface area contributed by atoms with E-state index in [4.69, 9.17) is 11.6 Å². The van der Waals surface area contributed by atoms with E-state index in [1.807, 2.05) is 44.4 Å². The first-order valence-corrected chi connectivity index (χ1v) is 10.2. The zero-order chi connectivity index (χ0) is 19.4. The molecule has 1 fully saturated rings. The lowest BCUT2D eigenvalue weighted by Gasteiger charge is -2.46. The fourth-order valence-corrected chi connectivity index (χ4v) is 4.88. The third-order valence-corrected chi connectivity index (χ3v) is 6.36. The molecule has 0 amide bonds. The van der Waals surface area contributed by atoms with Gasteiger partial charge in [0.05, 0.1) is 5.60 Å². The minimum Gasteiger partial charge on any atom is -0.390 e. The second-order valence-corrected chi connectivity index (χ2v) is 8.38. The van der Waals surface area contributed by atoms with Crippen LogP contribution in [-0.2, 0) is 6.42 Å². The number of aliphatic hydroxyl groups is 1. The highest BCUT2D eigenvalue weighted by Gasteiger charge is 2.44. The van der Waals surface area contributed by atoms with Gasteiger partial charge in [-0.05, 0) is 63.0 Å². The van der Waals surface area contributed by atoms with Gasteiger partial charge in [0.2, 0.25) is 0 Å². The van der Waals surface area contributed by atoms with Crippen LogP contribution in [0.2, 0.25) is 5.02 Å². The molecule has 3 rings (SSSR count). The Kier molecular flexibility index (Phi) is 6.56. The molecule has 0 radical (unpaired) electrons. The SMILES string of the molecule is CN(C)C(c1ccccc1Cl)C1CCCCC1(O)CCc1ccccc1F. The van der Waals surface area contributed by atoms with Gasteiger partial charge in [-0.1, -0.05) is 60.8 Å². The molecule has 2 nitrogen and oxygen atoms in total. The van der Waals surface area contributed by atoms with E-state index in [9.17, 15) is 9.50 Å². The summed E-state index contributed by atoms with van der Waals surface area (Å²) in [5.74, 6) is -0.128. The molecule has 0 aliphatic heterocycles. The number of hydrogen-bond acceptors (Lipinski definition) is 2. The van der Waals surface area contributed by atoms with Crippen LogP contribution in [0.4, 0.5) is 4.39 Å². The van der Waals surface area contributed by atoms with Gasteiger partial charge in [-0.2, -0.15) is 0 Å². The van der Waals surface area contributed by atoms with Gasteiger partial charge in [-0.3, -0.25) is 0 Å². The molecule has 0 spiro atoms. The van der Waals surface area contributed by atoms with Gasteiger partial charge in [0, 0.05) is 17.0 Å². The monoisotopic (exact) mass is 389 g/mol. The number of aryl methyl sites for hydroxylation is 1. The maximum Gasteiger partial charge on any atom is 0.126 e. The van der Waals surface area contributed by atoms with E-state index in [1.54, 1.807) is 6.07 Å². The normalized spacial score (nSPS) is 24.1. The molecule has 1 saturated carbocycles. The molecule has 2 aromatic carbocycles. The Morgan fingerprint density at radius 2 is 1.85 bits per heavy atom. The van der Waals surface area contributed by atoms with Crippen LogP contribution in [-0.4, -0.2) is 29.7 Å². The maximum absolute atomic E-state index is 14.1. The van der Waals surface area contributed by atoms with Gasteiger partial charge < -0.3 is 10.0 Å². The Hall–Kier alpha value is -1.42. The summed E-state index contributed by atoms with van der Waals surface area (Å²) < 4.78 is 14.1. The third-order valence-electron chi connectivity index (χ3n) is 6.01. The van der Waals surface area contributed by atoms with Gasteiger partial charge in [0.15, 0.2) is 0 Å². The molecular formula is C23H29ClFNO. The molecule has 4 heteroatoms. The summed E-state index contributed by atoms with van der Waals surface area (Å²) in [5, 5.41) is 12.4. The van der Waals surface area contributed by atoms with Crippen molar-refractivity contribution < 1.29 is 9.50 Å². The van der Waals surface area contributed by atoms with E-state index in [0.717, 1.165) is 36.3 Å². The first-order valence-electron chi connectivity index (χ1n) is 9.79. The first kappa shape index (κ1) is 20.3. The van der Waals surface area contributed by atoms with E-state index in [1.165, 1.54) is 6.07 Å². The van der Waals surface area contributed by atoms with Crippen molar-refractivity contribution >= 4 is 11.6 Å². The summed E-state index contributed by atoms with van der Waals surface area (Å²) in [6, 6.07) is 14.8. The Balaban J connectivity index is 1.88. The quantitative estimate of drug-likeness (QED) is 0.691. The Bertz CT molecular complexity index is 766. The summed E-state index contributed by atoms with van der Waals surface area (Å²) in [4.78, 5) is 2.16. The van der Waals surface area contributed by atoms with E-state index in [-0.39, 0.29) is 17.8 Å². The van der Waals surface area contributed by atoms with E-state index >= 15 is 0 Å². The van der Waals surface area contributed by atoms with Crippen molar-refractivity contribution in [2.75, 3.05) is 14.1 Å². The standard InChI is InChI=1S/C23H29ClFNO/c1-26(2)22(18-10-4-5-12-20(18)24)19-11-7-8-15-23(19,27)16-14-17-9-3-6-13-21(17)25/h3-6,9-10,12-13,19,22,27H,7-8,11,14-16H2,1-2H3. The number of hydrogen-bond donors (Lipinski definition) is 1. The van der Waals surface area contributed by atoms with Crippen molar-refractivity contribution in [2.45, 2.75) is 50.2 Å². The molecule has 3 atom stereocenters. The zero-order valence-electron chi connectivity index (χ0n) is 16.2. The van der Waals surface area contributed by atoms with Gasteiger partial charge in [0.25, 0.3) is 0 Å². The minimum absolute atomic E-state index is 0.0321. The van der Waals surface area contributed by atoms with Crippen LogP contribution in [0.1, 0.15) is 49.3 Å². The molecule has 2 aromatic rings. The second kappa shape index (κ2) is 8.72. The molecule has 1 aliphatic rings. The van der Waals surface area contributed by atoms with Crippen molar-refractivity contribution in [3.8, 4) is 0 Å². The largest absolute Gasteiger partial charge is 0.390 e. The second-order valence-electron chi connectivity index (χ2n) is 7.98. The van der Waals surface area contributed by atoms with Crippen LogP contribution in [0.25, 0.3) is 0 Å². The molecule has 3 unspecified atom stereocenters. The molecule has 0 saturated heterocycles. The molecule has 1 N–H and O–H groups in total. The highest BCUT2D eigenvalue weighted by Crippen LogP contribution is 2.47. The maximum atomic E-state index is 14.1. The van der Waals surface area contributed by atoms with Crippen LogP contribution in [0, 0.1) is 11.7 Å². The van der Waals surface area contributed by atoms with Gasteiger partial charge in [-0.15, -0.1) is 0 Å². The fraction of sp³-hybridized carbons (Fsp3) is 0.478. The van der Waals surface area contributed by atoms with Gasteiger partial charge >= 0.3 is 0 Å². The van der Waals surface area contributed by atoms with E-state index < -0.39 is 5.60 Å². The highest BCUT2D eigenvalue weighted by molar-refractivity contribution is 6.31. The van der Waals surface area contributed by atoms with Crippen LogP contribution in [0.15, 0.2) is 48.5 Å². The molecule has 27 heavy (non-hydrogen) atoms. The Labute approximate surface area is 167 Å². The van der Waals surface area contributed by atoms with Crippen LogP contribution in [0.5, 0.6) is 0 Å². The molecule has 0 aromatic heterocycles. The summed E-state index contributed by atoms with van der Waals surface area (Å²) >= 11 is 6.51. The lowest BCUT2D eigenvalue weighted by atomic mass is 9.67. The fourth-order valence-electron chi connectivity index (χ4n) is 4.63. The Morgan fingerprint density at radius 3 is 2.56 bits per heavy atom. The zero-order valence-corrected chi connectivity index (χ0v) is 16.9. The van der Waals surface area contributed by atoms with Gasteiger partial charge in [0.1, 0.15) is 5.82 Å². The average molecular weight is 390 g/mol. The smallest absolute Gasteiger partial charge is 0.126 e. The lowest BCUT2D eigenvalue weighted by molar-refractivity contribution is -0.0829. The lowest BCUT2D eigenvalue weighted by Crippen LogP contribution is -2.47. The number of benzene rings is 2. The molecule has 1 aliphatic carbocycles. The molecule has 0 heterocycles. The third kappa shape index (κ3) is 4.53. The average Bonchev–Trinajstić information content (AvgIpc) is 2.64. The van der Waals surface area contributed by atoms with Gasteiger partial charge in [-0.25, -0.2) is 4.39 Å². The van der Waals surface area contributed by atoms with E-state index in [2.05, 4.69) is 11.0 Å². The van der Waals surface area contributed by atoms with Crippen molar-refractivity contribution in [1.29, 1.82) is 0 Å². The topological polar surface area (TPSA) is 23.5 Å².